The normalized spacial score (nSPS) is 17.0. The standard InChI is InChI=1S/C24H18F3NO2/c25-24(26,27)15-10-11-16-18(23(29)28-19(16)12-15)13-21-22(14-6-2-1-3-7-14)17-8-4-5-9-20(17)30-21/h1-3,6-7,10-13H,4-5,8-9H2,(H,28,29). The summed E-state index contributed by atoms with van der Waals surface area (Å²) in [6.07, 6.45) is 1.07. The largest absolute Gasteiger partial charge is 0.461 e. The third-order valence-corrected chi connectivity index (χ3v) is 5.67. The van der Waals surface area contributed by atoms with Crippen LogP contribution in [0.25, 0.3) is 22.8 Å². The second-order valence-electron chi connectivity index (χ2n) is 7.59. The summed E-state index contributed by atoms with van der Waals surface area (Å²) in [6, 6.07) is 13.1. The molecule has 0 fully saturated rings. The number of hydrogen-bond acceptors (Lipinski definition) is 2. The molecule has 2 aromatic carbocycles. The Morgan fingerprint density at radius 1 is 1.00 bits per heavy atom. The third kappa shape index (κ3) is 3.12. The van der Waals surface area contributed by atoms with Crippen LogP contribution in [0.5, 0.6) is 0 Å². The first-order chi connectivity index (χ1) is 14.4. The molecule has 0 atom stereocenters. The van der Waals surface area contributed by atoms with Crippen molar-refractivity contribution < 1.29 is 22.4 Å². The zero-order valence-electron chi connectivity index (χ0n) is 16.0. The van der Waals surface area contributed by atoms with Crippen LogP contribution in [0.1, 0.15) is 41.1 Å². The lowest BCUT2D eigenvalue weighted by atomic mass is 9.91. The van der Waals surface area contributed by atoms with Crippen LogP contribution in [0, 0.1) is 0 Å². The molecule has 30 heavy (non-hydrogen) atoms. The van der Waals surface area contributed by atoms with E-state index in [1.54, 1.807) is 6.08 Å². The Kier molecular flexibility index (Phi) is 4.31. The number of hydrogen-bond donors (Lipinski definition) is 1. The molecule has 1 N–H and O–H groups in total. The van der Waals surface area contributed by atoms with Gasteiger partial charge in [0.15, 0.2) is 0 Å². The summed E-state index contributed by atoms with van der Waals surface area (Å²) in [5, 5.41) is 2.55. The van der Waals surface area contributed by atoms with Crippen molar-refractivity contribution in [2.75, 3.05) is 5.32 Å². The molecule has 0 bridgehead atoms. The molecule has 1 amide bonds. The predicted molar refractivity (Wildman–Crippen MR) is 109 cm³/mol. The van der Waals surface area contributed by atoms with Gasteiger partial charge < -0.3 is 9.73 Å². The third-order valence-electron chi connectivity index (χ3n) is 5.67. The minimum atomic E-state index is -4.47. The van der Waals surface area contributed by atoms with E-state index in [0.29, 0.717) is 16.9 Å². The smallest absolute Gasteiger partial charge is 0.416 e. The summed E-state index contributed by atoms with van der Waals surface area (Å²) in [6.45, 7) is 0. The first-order valence-corrected chi connectivity index (χ1v) is 9.86. The van der Waals surface area contributed by atoms with Gasteiger partial charge in [0.05, 0.1) is 11.1 Å². The van der Waals surface area contributed by atoms with Crippen LogP contribution in [-0.2, 0) is 23.8 Å². The molecule has 2 aliphatic rings. The number of benzene rings is 2. The number of anilines is 1. The molecular formula is C24H18F3NO2. The highest BCUT2D eigenvalue weighted by Crippen LogP contribution is 2.42. The Hall–Kier alpha value is -3.28. The summed E-state index contributed by atoms with van der Waals surface area (Å²) in [4.78, 5) is 12.6. The number of aryl methyl sites for hydroxylation is 1. The van der Waals surface area contributed by atoms with Gasteiger partial charge in [0.1, 0.15) is 11.5 Å². The van der Waals surface area contributed by atoms with Crippen LogP contribution in [0.4, 0.5) is 18.9 Å². The maximum Gasteiger partial charge on any atom is 0.416 e. The maximum absolute atomic E-state index is 13.0. The summed E-state index contributed by atoms with van der Waals surface area (Å²) in [5.41, 5.74) is 3.25. The highest BCUT2D eigenvalue weighted by Gasteiger charge is 2.34. The van der Waals surface area contributed by atoms with Crippen LogP contribution in [-0.4, -0.2) is 5.91 Å². The second-order valence-corrected chi connectivity index (χ2v) is 7.59. The molecule has 0 saturated carbocycles. The molecule has 2 heterocycles. The SMILES string of the molecule is O=C1Nc2cc(C(F)(F)F)ccc2C1=Cc1oc2c(c1-c1ccccc1)CCCC2. The van der Waals surface area contributed by atoms with Crippen molar-refractivity contribution in [1.82, 2.24) is 0 Å². The molecule has 0 saturated heterocycles. The van der Waals surface area contributed by atoms with Crippen molar-refractivity contribution in [3.63, 3.8) is 0 Å². The molecule has 5 rings (SSSR count). The van der Waals surface area contributed by atoms with Gasteiger partial charge in [0.25, 0.3) is 5.91 Å². The fourth-order valence-electron chi connectivity index (χ4n) is 4.26. The average Bonchev–Trinajstić information content (AvgIpc) is 3.25. The highest BCUT2D eigenvalue weighted by atomic mass is 19.4. The Morgan fingerprint density at radius 3 is 2.53 bits per heavy atom. The molecular weight excluding hydrogens is 391 g/mol. The number of furan rings is 1. The fraction of sp³-hybridized carbons (Fsp3) is 0.208. The van der Waals surface area contributed by atoms with Gasteiger partial charge in [-0.2, -0.15) is 13.2 Å². The molecule has 0 unspecified atom stereocenters. The zero-order valence-corrected chi connectivity index (χ0v) is 16.0. The summed E-state index contributed by atoms with van der Waals surface area (Å²) < 4.78 is 45.2. The molecule has 6 heteroatoms. The topological polar surface area (TPSA) is 42.2 Å². The summed E-state index contributed by atoms with van der Waals surface area (Å²) in [7, 11) is 0. The molecule has 1 aromatic heterocycles. The Balaban J connectivity index is 1.65. The first kappa shape index (κ1) is 18.7. The van der Waals surface area contributed by atoms with E-state index in [1.165, 1.54) is 6.07 Å². The lowest BCUT2D eigenvalue weighted by Crippen LogP contribution is -2.06. The van der Waals surface area contributed by atoms with Crippen LogP contribution in [0.3, 0.4) is 0 Å². The molecule has 3 nitrogen and oxygen atoms in total. The van der Waals surface area contributed by atoms with E-state index in [-0.39, 0.29) is 5.69 Å². The van der Waals surface area contributed by atoms with E-state index < -0.39 is 17.6 Å². The van der Waals surface area contributed by atoms with E-state index in [0.717, 1.165) is 60.3 Å². The van der Waals surface area contributed by atoms with Gasteiger partial charge in [0.2, 0.25) is 0 Å². The van der Waals surface area contributed by atoms with Gasteiger partial charge in [-0.05, 0) is 43.0 Å². The number of carbonyl (C=O) groups excluding carboxylic acids is 1. The van der Waals surface area contributed by atoms with Gasteiger partial charge in [-0.25, -0.2) is 0 Å². The van der Waals surface area contributed by atoms with Gasteiger partial charge in [0, 0.05) is 28.8 Å². The quantitative estimate of drug-likeness (QED) is 0.502. The summed E-state index contributed by atoms with van der Waals surface area (Å²) in [5.74, 6) is 1.07. The number of carbonyl (C=O) groups is 1. The van der Waals surface area contributed by atoms with Crippen molar-refractivity contribution >= 4 is 23.2 Å². The van der Waals surface area contributed by atoms with E-state index in [4.69, 9.17) is 4.42 Å². The van der Waals surface area contributed by atoms with Gasteiger partial charge in [-0.1, -0.05) is 36.4 Å². The van der Waals surface area contributed by atoms with Gasteiger partial charge in [-0.3, -0.25) is 4.79 Å². The van der Waals surface area contributed by atoms with E-state index in [1.807, 2.05) is 30.3 Å². The van der Waals surface area contributed by atoms with Crippen molar-refractivity contribution in [2.45, 2.75) is 31.9 Å². The van der Waals surface area contributed by atoms with Crippen molar-refractivity contribution in [3.8, 4) is 11.1 Å². The number of nitrogens with one attached hydrogen (secondary N) is 1. The van der Waals surface area contributed by atoms with Crippen LogP contribution in [0.15, 0.2) is 52.9 Å². The molecule has 152 valence electrons. The number of halogens is 3. The van der Waals surface area contributed by atoms with Gasteiger partial charge >= 0.3 is 6.18 Å². The van der Waals surface area contributed by atoms with Crippen LogP contribution >= 0.6 is 0 Å². The molecule has 0 radical (unpaired) electrons. The van der Waals surface area contributed by atoms with Crippen LogP contribution < -0.4 is 5.32 Å². The summed E-state index contributed by atoms with van der Waals surface area (Å²) >= 11 is 0. The van der Waals surface area contributed by atoms with Crippen molar-refractivity contribution in [2.24, 2.45) is 0 Å². The Morgan fingerprint density at radius 2 is 1.77 bits per heavy atom. The molecule has 0 spiro atoms. The van der Waals surface area contributed by atoms with Crippen LogP contribution in [0.2, 0.25) is 0 Å². The van der Waals surface area contributed by atoms with E-state index in [9.17, 15) is 18.0 Å². The molecule has 1 aliphatic carbocycles. The number of amides is 1. The monoisotopic (exact) mass is 409 g/mol. The van der Waals surface area contributed by atoms with Gasteiger partial charge in [-0.15, -0.1) is 0 Å². The fourth-order valence-corrected chi connectivity index (χ4v) is 4.26. The number of alkyl halides is 3. The number of rotatable bonds is 2. The van der Waals surface area contributed by atoms with Crippen molar-refractivity contribution in [3.05, 3.63) is 76.7 Å². The lowest BCUT2D eigenvalue weighted by molar-refractivity contribution is -0.137. The van der Waals surface area contributed by atoms with E-state index >= 15 is 0 Å². The average molecular weight is 409 g/mol. The Labute approximate surface area is 171 Å². The number of fused-ring (bicyclic) bond motifs is 2. The zero-order chi connectivity index (χ0) is 20.9. The molecule has 1 aliphatic heterocycles. The predicted octanol–water partition coefficient (Wildman–Crippen LogP) is 6.34. The lowest BCUT2D eigenvalue weighted by Gasteiger charge is -2.11. The minimum absolute atomic E-state index is 0.165. The maximum atomic E-state index is 13.0. The van der Waals surface area contributed by atoms with E-state index in [2.05, 4.69) is 5.32 Å². The minimum Gasteiger partial charge on any atom is -0.461 e. The Bertz CT molecular complexity index is 1170. The highest BCUT2D eigenvalue weighted by molar-refractivity contribution is 6.35. The first-order valence-electron chi connectivity index (χ1n) is 9.86. The van der Waals surface area contributed by atoms with Crippen molar-refractivity contribution in [1.29, 1.82) is 0 Å². The second kappa shape index (κ2) is 6.90. The molecule has 3 aromatic rings.